The molecular weight excluding hydrogens is 382 g/mol. The van der Waals surface area contributed by atoms with Gasteiger partial charge >= 0.3 is 0 Å². The number of ether oxygens (including phenoxy) is 1. The van der Waals surface area contributed by atoms with Gasteiger partial charge in [-0.25, -0.2) is 0 Å². The van der Waals surface area contributed by atoms with E-state index in [9.17, 15) is 19.8 Å². The first-order valence-corrected chi connectivity index (χ1v) is 10.6. The Balaban J connectivity index is 1.53. The van der Waals surface area contributed by atoms with Crippen LogP contribution in [0.1, 0.15) is 37.9 Å². The van der Waals surface area contributed by atoms with Crippen LogP contribution in [-0.2, 0) is 14.3 Å². The monoisotopic (exact) mass is 407 g/mol. The third kappa shape index (κ3) is 2.71. The Morgan fingerprint density at radius 3 is 2.53 bits per heavy atom. The number of para-hydroxylation sites is 1. The molecule has 5 rings (SSSR count). The molecule has 2 saturated heterocycles. The number of anilines is 1. The van der Waals surface area contributed by atoms with E-state index < -0.39 is 29.6 Å². The lowest BCUT2D eigenvalue weighted by atomic mass is 9.64. The molecule has 1 aliphatic carbocycles. The van der Waals surface area contributed by atoms with Gasteiger partial charge in [0.25, 0.3) is 0 Å². The van der Waals surface area contributed by atoms with Crippen molar-refractivity contribution in [2.24, 2.45) is 23.7 Å². The lowest BCUT2D eigenvalue weighted by molar-refractivity contribution is -0.269. The third-order valence-corrected chi connectivity index (χ3v) is 7.11. The maximum Gasteiger partial charge on any atom is 0.238 e. The second kappa shape index (κ2) is 6.93. The van der Waals surface area contributed by atoms with E-state index in [-0.39, 0.29) is 23.5 Å². The molecular formula is C24H25NO5. The summed E-state index contributed by atoms with van der Waals surface area (Å²) in [6.07, 6.45) is 1.07. The zero-order valence-corrected chi connectivity index (χ0v) is 16.8. The number of benzene rings is 2. The summed E-state index contributed by atoms with van der Waals surface area (Å²) < 4.78 is 6.19. The molecule has 2 heterocycles. The molecule has 6 heteroatoms. The van der Waals surface area contributed by atoms with Crippen LogP contribution in [0.3, 0.4) is 0 Å². The van der Waals surface area contributed by atoms with Gasteiger partial charge in [0.1, 0.15) is 5.75 Å². The van der Waals surface area contributed by atoms with Gasteiger partial charge in [0.2, 0.25) is 11.8 Å². The van der Waals surface area contributed by atoms with Crippen LogP contribution < -0.4 is 4.90 Å². The van der Waals surface area contributed by atoms with Crippen LogP contribution in [0, 0.1) is 23.7 Å². The highest BCUT2D eigenvalue weighted by Gasteiger charge is 2.66. The predicted octanol–water partition coefficient (Wildman–Crippen LogP) is 3.39. The zero-order valence-electron chi connectivity index (χ0n) is 16.8. The number of aromatic hydroxyl groups is 1. The second-order valence-electron chi connectivity index (χ2n) is 8.62. The van der Waals surface area contributed by atoms with Gasteiger partial charge in [0.05, 0.1) is 23.6 Å². The Kier molecular flexibility index (Phi) is 4.45. The minimum atomic E-state index is -1.46. The number of hydrogen-bond donors (Lipinski definition) is 2. The molecule has 2 aliphatic heterocycles. The van der Waals surface area contributed by atoms with Crippen molar-refractivity contribution in [3.05, 3.63) is 60.2 Å². The number of phenols is 1. The third-order valence-electron chi connectivity index (χ3n) is 7.11. The number of nitrogens with zero attached hydrogens (tertiary/aromatic N) is 1. The highest BCUT2D eigenvalue weighted by atomic mass is 16.6. The smallest absolute Gasteiger partial charge is 0.238 e. The molecule has 0 aromatic heterocycles. The van der Waals surface area contributed by atoms with Crippen LogP contribution in [0.5, 0.6) is 5.75 Å². The Bertz CT molecular complexity index is 992. The largest absolute Gasteiger partial charge is 0.508 e. The molecule has 6 atom stereocenters. The number of rotatable bonds is 3. The molecule has 3 fully saturated rings. The molecule has 2 amide bonds. The van der Waals surface area contributed by atoms with Crippen LogP contribution in [0.2, 0.25) is 0 Å². The van der Waals surface area contributed by atoms with Gasteiger partial charge in [-0.15, -0.1) is 0 Å². The van der Waals surface area contributed by atoms with E-state index in [0.29, 0.717) is 24.9 Å². The SMILES string of the molecule is CC[C@H]1C[C@@H]2C(=O)N(c3ccccc3)C(=O)[C@@H]2[C@@H]2C[C@@H](c3cccc(O)c3)O[C@]12O. The normalized spacial score (nSPS) is 35.4. The van der Waals surface area contributed by atoms with Crippen molar-refractivity contribution in [2.75, 3.05) is 4.90 Å². The average molecular weight is 407 g/mol. The lowest BCUT2D eigenvalue weighted by Gasteiger charge is -2.44. The van der Waals surface area contributed by atoms with Gasteiger partial charge in [-0.05, 0) is 49.1 Å². The fourth-order valence-electron chi connectivity index (χ4n) is 5.71. The van der Waals surface area contributed by atoms with Crippen molar-refractivity contribution in [3.63, 3.8) is 0 Å². The Labute approximate surface area is 175 Å². The first kappa shape index (κ1) is 19.3. The predicted molar refractivity (Wildman–Crippen MR) is 109 cm³/mol. The summed E-state index contributed by atoms with van der Waals surface area (Å²) in [5, 5.41) is 21.5. The molecule has 2 aromatic rings. The number of imide groups is 1. The van der Waals surface area contributed by atoms with E-state index in [1.807, 2.05) is 19.1 Å². The molecule has 156 valence electrons. The fraction of sp³-hybridized carbons (Fsp3) is 0.417. The Morgan fingerprint density at radius 1 is 1.07 bits per heavy atom. The van der Waals surface area contributed by atoms with Crippen molar-refractivity contribution >= 4 is 17.5 Å². The molecule has 0 bridgehead atoms. The van der Waals surface area contributed by atoms with E-state index >= 15 is 0 Å². The van der Waals surface area contributed by atoms with Crippen LogP contribution in [0.25, 0.3) is 0 Å². The van der Waals surface area contributed by atoms with Crippen LogP contribution in [0.4, 0.5) is 5.69 Å². The summed E-state index contributed by atoms with van der Waals surface area (Å²) in [7, 11) is 0. The van der Waals surface area contributed by atoms with E-state index in [1.165, 1.54) is 4.90 Å². The lowest BCUT2D eigenvalue weighted by Crippen LogP contribution is -2.53. The summed E-state index contributed by atoms with van der Waals surface area (Å²) in [6, 6.07) is 15.8. The van der Waals surface area contributed by atoms with Crippen molar-refractivity contribution in [1.29, 1.82) is 0 Å². The molecule has 0 unspecified atom stereocenters. The minimum absolute atomic E-state index is 0.130. The van der Waals surface area contributed by atoms with E-state index in [2.05, 4.69) is 0 Å². The number of fused-ring (bicyclic) bond motifs is 3. The summed E-state index contributed by atoms with van der Waals surface area (Å²) in [6.45, 7) is 1.97. The molecule has 3 aliphatic rings. The number of hydrogen-bond acceptors (Lipinski definition) is 5. The summed E-state index contributed by atoms with van der Waals surface area (Å²) in [5.41, 5.74) is 1.34. The van der Waals surface area contributed by atoms with Crippen molar-refractivity contribution in [1.82, 2.24) is 0 Å². The highest BCUT2D eigenvalue weighted by Crippen LogP contribution is 2.59. The molecule has 2 N–H and O–H groups in total. The molecule has 1 saturated carbocycles. The number of carbonyl (C=O) groups excluding carboxylic acids is 2. The Hall–Kier alpha value is -2.70. The van der Waals surface area contributed by atoms with E-state index in [1.54, 1.807) is 42.5 Å². The Morgan fingerprint density at radius 2 is 1.83 bits per heavy atom. The molecule has 0 spiro atoms. The minimum Gasteiger partial charge on any atom is -0.508 e. The number of carbonyl (C=O) groups is 2. The second-order valence-corrected chi connectivity index (χ2v) is 8.62. The average Bonchev–Trinajstić information content (AvgIpc) is 3.22. The van der Waals surface area contributed by atoms with E-state index in [4.69, 9.17) is 4.74 Å². The molecule has 0 radical (unpaired) electrons. The van der Waals surface area contributed by atoms with Crippen molar-refractivity contribution in [2.45, 2.75) is 38.1 Å². The van der Waals surface area contributed by atoms with Crippen LogP contribution in [-0.4, -0.2) is 27.8 Å². The topological polar surface area (TPSA) is 87.1 Å². The summed E-state index contributed by atoms with van der Waals surface area (Å²) in [5.74, 6) is -3.53. The zero-order chi connectivity index (χ0) is 21.0. The number of amides is 2. The van der Waals surface area contributed by atoms with E-state index in [0.717, 1.165) is 5.56 Å². The first-order valence-electron chi connectivity index (χ1n) is 10.6. The molecule has 30 heavy (non-hydrogen) atoms. The van der Waals surface area contributed by atoms with Gasteiger partial charge in [-0.2, -0.15) is 0 Å². The van der Waals surface area contributed by atoms with Crippen LogP contribution >= 0.6 is 0 Å². The van der Waals surface area contributed by atoms with Gasteiger partial charge in [0, 0.05) is 11.8 Å². The molecule has 2 aromatic carbocycles. The fourth-order valence-corrected chi connectivity index (χ4v) is 5.71. The van der Waals surface area contributed by atoms with Gasteiger partial charge in [-0.3, -0.25) is 14.5 Å². The maximum absolute atomic E-state index is 13.4. The molecule has 6 nitrogen and oxygen atoms in total. The summed E-state index contributed by atoms with van der Waals surface area (Å²) in [4.78, 5) is 28.0. The van der Waals surface area contributed by atoms with Crippen molar-refractivity contribution < 1.29 is 24.5 Å². The quantitative estimate of drug-likeness (QED) is 0.762. The van der Waals surface area contributed by atoms with Gasteiger partial charge in [0.15, 0.2) is 5.79 Å². The van der Waals surface area contributed by atoms with Crippen LogP contribution in [0.15, 0.2) is 54.6 Å². The highest BCUT2D eigenvalue weighted by molar-refractivity contribution is 6.22. The number of aliphatic hydroxyl groups is 1. The van der Waals surface area contributed by atoms with Gasteiger partial charge < -0.3 is 14.9 Å². The number of phenolic OH excluding ortho intramolecular Hbond substituents is 1. The first-order chi connectivity index (χ1) is 14.4. The summed E-state index contributed by atoms with van der Waals surface area (Å²) >= 11 is 0. The standard InChI is InChI=1S/C24H25NO5/c1-2-15-12-18-21(23(28)25(22(18)27)16-8-4-3-5-9-16)19-13-20(30-24(15,19)29)14-7-6-10-17(26)11-14/h3-11,15,18-21,26,29H,2,12-13H2,1H3/t15-,18-,19-,20-,21-,24+/m0/s1. The van der Waals surface area contributed by atoms with Gasteiger partial charge in [-0.1, -0.05) is 37.3 Å². The maximum atomic E-state index is 13.4. The van der Waals surface area contributed by atoms with Crippen molar-refractivity contribution in [3.8, 4) is 5.75 Å².